The van der Waals surface area contributed by atoms with Crippen LogP contribution in [0.5, 0.6) is 0 Å². The smallest absolute Gasteiger partial charge is 0.337 e. The van der Waals surface area contributed by atoms with E-state index in [0.29, 0.717) is 0 Å². The van der Waals surface area contributed by atoms with Crippen LogP contribution in [0, 0.1) is 11.8 Å². The van der Waals surface area contributed by atoms with Gasteiger partial charge in [-0.15, -0.1) is 0 Å². The van der Waals surface area contributed by atoms with Crippen LogP contribution in [0.3, 0.4) is 0 Å². The molecule has 2 atom stereocenters. The molecule has 0 saturated carbocycles. The number of halogens is 2. The first-order valence-electron chi connectivity index (χ1n) is 10.1. The summed E-state index contributed by atoms with van der Waals surface area (Å²) in [5, 5.41) is 9.51. The van der Waals surface area contributed by atoms with Crippen LogP contribution in [0.15, 0.2) is 66.7 Å². The highest BCUT2D eigenvalue weighted by molar-refractivity contribution is 9.09. The predicted octanol–water partition coefficient (Wildman–Crippen LogP) is 4.94. The number of carbonyl (C=O) groups is 3. The van der Waals surface area contributed by atoms with E-state index < -0.39 is 22.1 Å². The molecule has 1 fully saturated rings. The molecule has 7 heteroatoms. The van der Waals surface area contributed by atoms with Gasteiger partial charge in [-0.3, -0.25) is 9.59 Å². The van der Waals surface area contributed by atoms with Crippen molar-refractivity contribution in [1.82, 2.24) is 0 Å². The second-order valence-corrected chi connectivity index (χ2v) is 10.0. The summed E-state index contributed by atoms with van der Waals surface area (Å²) in [4.78, 5) is 40.3. The number of imide groups is 1. The zero-order valence-electron chi connectivity index (χ0n) is 16.5. The second-order valence-electron chi connectivity index (χ2n) is 8.35. The Bertz CT molecular complexity index is 1320. The molecule has 3 aromatic carbocycles. The van der Waals surface area contributed by atoms with Gasteiger partial charge in [0.25, 0.3) is 0 Å². The van der Waals surface area contributed by atoms with Gasteiger partial charge in [-0.1, -0.05) is 76.1 Å². The third-order valence-corrected chi connectivity index (χ3v) is 8.63. The maximum absolute atomic E-state index is 13.8. The Morgan fingerprint density at radius 2 is 1.53 bits per heavy atom. The first-order valence-corrected chi connectivity index (χ1v) is 11.3. The van der Waals surface area contributed by atoms with Gasteiger partial charge >= 0.3 is 5.97 Å². The number of benzene rings is 3. The molecule has 32 heavy (non-hydrogen) atoms. The van der Waals surface area contributed by atoms with Crippen LogP contribution in [0.1, 0.15) is 38.5 Å². The van der Waals surface area contributed by atoms with Crippen LogP contribution in [-0.2, 0) is 13.9 Å². The average Bonchev–Trinajstić information content (AvgIpc) is 3.06. The first kappa shape index (κ1) is 19.7. The normalized spacial score (nSPS) is 27.2. The SMILES string of the molecule is O=C(O)c1cc(N2C(=O)[C@@H]3C4c5ccccc5C(Br)(c5ccccc54)[C@H]3C2=O)ccc1Cl. The van der Waals surface area contributed by atoms with Crippen molar-refractivity contribution in [1.29, 1.82) is 0 Å². The van der Waals surface area contributed by atoms with E-state index in [1.165, 1.54) is 18.2 Å². The lowest BCUT2D eigenvalue weighted by molar-refractivity contribution is -0.122. The van der Waals surface area contributed by atoms with Crippen molar-refractivity contribution < 1.29 is 19.5 Å². The highest BCUT2D eigenvalue weighted by Gasteiger charge is 2.67. The van der Waals surface area contributed by atoms with E-state index in [9.17, 15) is 19.5 Å². The molecule has 0 aromatic heterocycles. The lowest BCUT2D eigenvalue weighted by Crippen LogP contribution is -2.50. The maximum atomic E-state index is 13.8. The Labute approximate surface area is 196 Å². The van der Waals surface area contributed by atoms with Crippen LogP contribution in [0.2, 0.25) is 5.02 Å². The van der Waals surface area contributed by atoms with Gasteiger partial charge in [0.1, 0.15) is 0 Å². The zero-order valence-corrected chi connectivity index (χ0v) is 18.8. The van der Waals surface area contributed by atoms with Crippen molar-refractivity contribution in [2.45, 2.75) is 10.2 Å². The standard InChI is InChI=1S/C25H15BrClNO4/c26-25-16-7-3-1-5-13(16)19(14-6-2-4-8-17(14)25)20-21(25)23(30)28(22(20)29)12-9-10-18(27)15(11-12)24(31)32/h1-11,19-21H,(H,31,32)/t19?,20-,21-,25?/m1/s1. The van der Waals surface area contributed by atoms with Gasteiger partial charge in [0, 0.05) is 5.92 Å². The van der Waals surface area contributed by atoms with Crippen LogP contribution in [-0.4, -0.2) is 22.9 Å². The van der Waals surface area contributed by atoms with Crippen LogP contribution in [0.25, 0.3) is 0 Å². The number of carboxylic acid groups (broad SMARTS) is 1. The molecule has 2 bridgehead atoms. The van der Waals surface area contributed by atoms with Crippen molar-refractivity contribution in [3.8, 4) is 0 Å². The molecule has 3 aliphatic carbocycles. The summed E-state index contributed by atoms with van der Waals surface area (Å²) in [5.41, 5.74) is 4.14. The van der Waals surface area contributed by atoms with Crippen molar-refractivity contribution in [2.24, 2.45) is 11.8 Å². The van der Waals surface area contributed by atoms with Gasteiger partial charge in [-0.2, -0.15) is 0 Å². The molecule has 1 N–H and O–H groups in total. The predicted molar refractivity (Wildman–Crippen MR) is 122 cm³/mol. The largest absolute Gasteiger partial charge is 0.478 e. The van der Waals surface area contributed by atoms with E-state index in [4.69, 9.17) is 11.6 Å². The number of carbonyl (C=O) groups excluding carboxylic acids is 2. The van der Waals surface area contributed by atoms with Crippen LogP contribution >= 0.6 is 27.5 Å². The first-order chi connectivity index (χ1) is 15.4. The summed E-state index contributed by atoms with van der Waals surface area (Å²) < 4.78 is -0.844. The molecule has 7 rings (SSSR count). The minimum atomic E-state index is -1.22. The van der Waals surface area contributed by atoms with Gasteiger partial charge in [0.05, 0.1) is 32.4 Å². The fourth-order valence-corrected chi connectivity index (χ4v) is 7.15. The maximum Gasteiger partial charge on any atom is 0.337 e. The summed E-state index contributed by atoms with van der Waals surface area (Å²) in [5.74, 6) is -3.37. The number of carboxylic acids is 1. The van der Waals surface area contributed by atoms with Gasteiger partial charge in [0.2, 0.25) is 11.8 Å². The number of aromatic carboxylic acids is 1. The number of anilines is 1. The minimum Gasteiger partial charge on any atom is -0.478 e. The lowest BCUT2D eigenvalue weighted by Gasteiger charge is -2.51. The van der Waals surface area contributed by atoms with Crippen molar-refractivity contribution >= 4 is 51.0 Å². The summed E-state index contributed by atoms with van der Waals surface area (Å²) in [7, 11) is 0. The monoisotopic (exact) mass is 507 g/mol. The van der Waals surface area contributed by atoms with Crippen molar-refractivity contribution in [2.75, 3.05) is 4.90 Å². The molecule has 0 unspecified atom stereocenters. The van der Waals surface area contributed by atoms with Crippen molar-refractivity contribution in [3.05, 3.63) is 99.6 Å². The number of hydrogen-bond acceptors (Lipinski definition) is 3. The zero-order chi connectivity index (χ0) is 22.4. The van der Waals surface area contributed by atoms with E-state index >= 15 is 0 Å². The van der Waals surface area contributed by atoms with Crippen LogP contribution < -0.4 is 4.90 Å². The van der Waals surface area contributed by atoms with Crippen molar-refractivity contribution in [3.63, 3.8) is 0 Å². The summed E-state index contributed by atoms with van der Waals surface area (Å²) in [6.45, 7) is 0. The molecule has 1 aliphatic heterocycles. The Morgan fingerprint density at radius 3 is 2.12 bits per heavy atom. The fourth-order valence-electron chi connectivity index (χ4n) is 5.75. The third-order valence-electron chi connectivity index (χ3n) is 6.95. The summed E-state index contributed by atoms with van der Waals surface area (Å²) >= 11 is 9.96. The Hall–Kier alpha value is -2.96. The molecular weight excluding hydrogens is 494 g/mol. The molecule has 0 spiro atoms. The number of alkyl halides is 1. The van der Waals surface area contributed by atoms with Gasteiger partial charge < -0.3 is 5.11 Å². The average molecular weight is 509 g/mol. The fraction of sp³-hybridized carbons (Fsp3) is 0.160. The van der Waals surface area contributed by atoms with E-state index in [1.54, 1.807) is 0 Å². The molecule has 5 nitrogen and oxygen atoms in total. The lowest BCUT2D eigenvalue weighted by atomic mass is 9.55. The van der Waals surface area contributed by atoms with E-state index in [2.05, 4.69) is 15.9 Å². The van der Waals surface area contributed by atoms with E-state index in [-0.39, 0.29) is 34.0 Å². The molecule has 4 aliphatic rings. The number of hydrogen-bond donors (Lipinski definition) is 1. The van der Waals surface area contributed by atoms with E-state index in [1.807, 2.05) is 48.5 Å². The third kappa shape index (κ3) is 2.26. The highest BCUT2D eigenvalue weighted by atomic mass is 79.9. The molecule has 1 saturated heterocycles. The summed E-state index contributed by atoms with van der Waals surface area (Å²) in [6.07, 6.45) is 0. The molecule has 2 amide bonds. The highest BCUT2D eigenvalue weighted by Crippen LogP contribution is 2.66. The van der Waals surface area contributed by atoms with Gasteiger partial charge in [-0.25, -0.2) is 9.69 Å². The summed E-state index contributed by atoms with van der Waals surface area (Å²) in [6, 6.07) is 20.1. The minimum absolute atomic E-state index is 0.0506. The van der Waals surface area contributed by atoms with Gasteiger partial charge in [-0.05, 0) is 40.5 Å². The molecule has 1 heterocycles. The Morgan fingerprint density at radius 1 is 0.938 bits per heavy atom. The molecule has 3 aromatic rings. The molecule has 158 valence electrons. The molecule has 0 radical (unpaired) electrons. The van der Waals surface area contributed by atoms with E-state index in [0.717, 1.165) is 27.2 Å². The second kappa shape index (κ2) is 6.53. The number of rotatable bonds is 2. The van der Waals surface area contributed by atoms with Crippen LogP contribution in [0.4, 0.5) is 5.69 Å². The Balaban J connectivity index is 1.58. The van der Waals surface area contributed by atoms with Gasteiger partial charge in [0.15, 0.2) is 0 Å². The topological polar surface area (TPSA) is 74.7 Å². The Kier molecular flexibility index (Phi) is 4.02. The number of nitrogens with zero attached hydrogens (tertiary/aromatic N) is 1. The molecular formula is C25H15BrClNO4. The quantitative estimate of drug-likeness (QED) is 0.393. The number of amides is 2.